The molecule has 6 nitrogen and oxygen atoms in total. The number of likely N-dealkylation sites (tertiary alicyclic amines) is 1. The molecule has 1 amide bonds. The van der Waals surface area contributed by atoms with E-state index in [1.54, 1.807) is 0 Å². The van der Waals surface area contributed by atoms with E-state index in [0.29, 0.717) is 17.4 Å². The third-order valence-corrected chi connectivity index (χ3v) is 6.01. The molecule has 0 N–H and O–H groups in total. The number of piperazine rings is 1. The van der Waals surface area contributed by atoms with Gasteiger partial charge in [-0.05, 0) is 42.5 Å². The van der Waals surface area contributed by atoms with Crippen LogP contribution in [0.1, 0.15) is 10.4 Å². The fraction of sp³-hybridized carbons (Fsp3) is 0.280. The molecule has 158 valence electrons. The van der Waals surface area contributed by atoms with Gasteiger partial charge in [0.2, 0.25) is 0 Å². The molecular weight excluding hydrogens is 388 g/mol. The highest BCUT2D eigenvalue weighted by Gasteiger charge is 2.36. The van der Waals surface area contributed by atoms with Gasteiger partial charge in [0.05, 0.1) is 0 Å². The van der Waals surface area contributed by atoms with Crippen LogP contribution in [-0.2, 0) is 0 Å². The Hall–Kier alpha value is -3.38. The van der Waals surface area contributed by atoms with Gasteiger partial charge in [0, 0.05) is 57.1 Å². The van der Waals surface area contributed by atoms with E-state index in [4.69, 9.17) is 4.74 Å². The molecular formula is C25H26N4O2. The van der Waals surface area contributed by atoms with Gasteiger partial charge in [0.1, 0.15) is 17.3 Å². The minimum Gasteiger partial charge on any atom is -0.457 e. The Morgan fingerprint density at radius 1 is 0.839 bits per heavy atom. The van der Waals surface area contributed by atoms with E-state index in [1.165, 1.54) is 0 Å². The van der Waals surface area contributed by atoms with Crippen LogP contribution in [0.2, 0.25) is 0 Å². The number of amides is 1. The number of ether oxygens (including phenoxy) is 1. The zero-order chi connectivity index (χ0) is 21.0. The van der Waals surface area contributed by atoms with Crippen LogP contribution in [0.15, 0.2) is 79.0 Å². The van der Waals surface area contributed by atoms with E-state index >= 15 is 0 Å². The van der Waals surface area contributed by atoms with Gasteiger partial charge >= 0.3 is 0 Å². The monoisotopic (exact) mass is 414 g/mol. The lowest BCUT2D eigenvalue weighted by molar-refractivity contribution is 0.0246. The molecule has 0 unspecified atom stereocenters. The van der Waals surface area contributed by atoms with Crippen molar-refractivity contribution in [2.24, 2.45) is 0 Å². The van der Waals surface area contributed by atoms with Crippen molar-refractivity contribution in [3.05, 3.63) is 84.6 Å². The Morgan fingerprint density at radius 2 is 1.58 bits per heavy atom. The number of nitrogens with zero attached hydrogens (tertiary/aromatic N) is 4. The van der Waals surface area contributed by atoms with Crippen molar-refractivity contribution in [3.8, 4) is 11.5 Å². The number of benzene rings is 2. The second-order valence-corrected chi connectivity index (χ2v) is 8.02. The first-order chi connectivity index (χ1) is 15.3. The minimum atomic E-state index is 0.0712. The molecule has 0 bridgehead atoms. The molecule has 5 rings (SSSR count). The average Bonchev–Trinajstić information content (AvgIpc) is 2.80. The van der Waals surface area contributed by atoms with Crippen LogP contribution in [0.4, 0.5) is 5.82 Å². The van der Waals surface area contributed by atoms with Crippen LogP contribution in [0, 0.1) is 0 Å². The smallest absolute Gasteiger partial charge is 0.254 e. The van der Waals surface area contributed by atoms with Gasteiger partial charge in [-0.3, -0.25) is 9.69 Å². The minimum absolute atomic E-state index is 0.0712. The molecule has 1 aromatic heterocycles. The van der Waals surface area contributed by atoms with Crippen molar-refractivity contribution in [1.82, 2.24) is 14.8 Å². The van der Waals surface area contributed by atoms with Crippen LogP contribution in [0.3, 0.4) is 0 Å². The number of rotatable bonds is 5. The van der Waals surface area contributed by atoms with Crippen molar-refractivity contribution < 1.29 is 9.53 Å². The fourth-order valence-corrected chi connectivity index (χ4v) is 4.21. The molecule has 2 aliphatic heterocycles. The number of hydrogen-bond acceptors (Lipinski definition) is 5. The second-order valence-electron chi connectivity index (χ2n) is 8.02. The van der Waals surface area contributed by atoms with E-state index in [-0.39, 0.29) is 5.91 Å². The summed E-state index contributed by atoms with van der Waals surface area (Å²) in [5.41, 5.74) is 0.673. The molecule has 0 saturated carbocycles. The molecule has 0 aliphatic carbocycles. The SMILES string of the molecule is O=C(c1cccc(Oc2ccccc2)c1)N1CC(N2CCN(c3ccccn3)CC2)C1. The van der Waals surface area contributed by atoms with Crippen molar-refractivity contribution >= 4 is 11.7 Å². The number of para-hydroxylation sites is 1. The Morgan fingerprint density at radius 3 is 2.32 bits per heavy atom. The predicted octanol–water partition coefficient (Wildman–Crippen LogP) is 3.52. The number of hydrogen-bond donors (Lipinski definition) is 0. The molecule has 3 aromatic rings. The van der Waals surface area contributed by atoms with Gasteiger partial charge in [0.25, 0.3) is 5.91 Å². The standard InChI is InChI=1S/C25H26N4O2/c30-25(20-7-6-10-23(17-20)31-22-8-2-1-3-9-22)29-18-21(19-29)27-13-15-28(16-14-27)24-11-4-5-12-26-24/h1-12,17,21H,13-16,18-19H2. The Bertz CT molecular complexity index is 1010. The van der Waals surface area contributed by atoms with Crippen molar-refractivity contribution in [2.75, 3.05) is 44.2 Å². The van der Waals surface area contributed by atoms with E-state index in [1.807, 2.05) is 77.8 Å². The van der Waals surface area contributed by atoms with Crippen LogP contribution >= 0.6 is 0 Å². The lowest BCUT2D eigenvalue weighted by Gasteiger charge is -2.48. The molecule has 31 heavy (non-hydrogen) atoms. The first kappa shape index (κ1) is 19.6. The zero-order valence-electron chi connectivity index (χ0n) is 17.4. The summed E-state index contributed by atoms with van der Waals surface area (Å²) in [6, 6.07) is 23.6. The molecule has 2 fully saturated rings. The summed E-state index contributed by atoms with van der Waals surface area (Å²) in [7, 11) is 0. The Balaban J connectivity index is 1.13. The van der Waals surface area contributed by atoms with Gasteiger partial charge in [-0.25, -0.2) is 4.98 Å². The maximum absolute atomic E-state index is 12.9. The number of carbonyl (C=O) groups excluding carboxylic acids is 1. The maximum Gasteiger partial charge on any atom is 0.254 e. The quantitative estimate of drug-likeness (QED) is 0.639. The first-order valence-corrected chi connectivity index (χ1v) is 10.8. The summed E-state index contributed by atoms with van der Waals surface area (Å²) in [6.45, 7) is 5.52. The summed E-state index contributed by atoms with van der Waals surface area (Å²) < 4.78 is 5.87. The molecule has 2 saturated heterocycles. The highest BCUT2D eigenvalue weighted by molar-refractivity contribution is 5.95. The van der Waals surface area contributed by atoms with Crippen molar-refractivity contribution in [2.45, 2.75) is 6.04 Å². The summed E-state index contributed by atoms with van der Waals surface area (Å²) in [6.07, 6.45) is 1.84. The molecule has 2 aliphatic rings. The molecule has 6 heteroatoms. The van der Waals surface area contributed by atoms with Crippen LogP contribution in [0.5, 0.6) is 11.5 Å². The van der Waals surface area contributed by atoms with Crippen LogP contribution in [0.25, 0.3) is 0 Å². The Kier molecular flexibility index (Phi) is 5.54. The van der Waals surface area contributed by atoms with E-state index in [2.05, 4.69) is 20.9 Å². The van der Waals surface area contributed by atoms with Gasteiger partial charge in [-0.2, -0.15) is 0 Å². The lowest BCUT2D eigenvalue weighted by Crippen LogP contribution is -2.64. The highest BCUT2D eigenvalue weighted by atomic mass is 16.5. The summed E-state index contributed by atoms with van der Waals surface area (Å²) in [4.78, 5) is 24.1. The van der Waals surface area contributed by atoms with Crippen molar-refractivity contribution in [3.63, 3.8) is 0 Å². The zero-order valence-corrected chi connectivity index (χ0v) is 17.4. The third-order valence-electron chi connectivity index (χ3n) is 6.01. The highest BCUT2D eigenvalue weighted by Crippen LogP contribution is 2.25. The normalized spacial score (nSPS) is 17.3. The van der Waals surface area contributed by atoms with E-state index < -0.39 is 0 Å². The summed E-state index contributed by atoms with van der Waals surface area (Å²) in [5.74, 6) is 2.56. The number of aromatic nitrogens is 1. The Labute approximate surface area is 182 Å². The number of pyridine rings is 1. The van der Waals surface area contributed by atoms with E-state index in [9.17, 15) is 4.79 Å². The van der Waals surface area contributed by atoms with Crippen LogP contribution in [-0.4, -0.2) is 66.0 Å². The largest absolute Gasteiger partial charge is 0.457 e. The topological polar surface area (TPSA) is 48.9 Å². The summed E-state index contributed by atoms with van der Waals surface area (Å²) >= 11 is 0. The molecule has 0 spiro atoms. The number of carbonyl (C=O) groups is 1. The van der Waals surface area contributed by atoms with E-state index in [0.717, 1.165) is 50.8 Å². The second kappa shape index (κ2) is 8.78. The van der Waals surface area contributed by atoms with Gasteiger partial charge < -0.3 is 14.5 Å². The maximum atomic E-state index is 12.9. The lowest BCUT2D eigenvalue weighted by atomic mass is 10.0. The summed E-state index contributed by atoms with van der Waals surface area (Å²) in [5, 5.41) is 0. The fourth-order valence-electron chi connectivity index (χ4n) is 4.21. The number of anilines is 1. The van der Waals surface area contributed by atoms with Crippen LogP contribution < -0.4 is 9.64 Å². The molecule has 0 atom stereocenters. The molecule has 2 aromatic carbocycles. The molecule has 3 heterocycles. The van der Waals surface area contributed by atoms with Gasteiger partial charge in [0.15, 0.2) is 0 Å². The third kappa shape index (κ3) is 4.39. The van der Waals surface area contributed by atoms with Gasteiger partial charge in [-0.15, -0.1) is 0 Å². The predicted molar refractivity (Wildman–Crippen MR) is 121 cm³/mol. The van der Waals surface area contributed by atoms with Crippen molar-refractivity contribution in [1.29, 1.82) is 0 Å². The first-order valence-electron chi connectivity index (χ1n) is 10.8. The van der Waals surface area contributed by atoms with Gasteiger partial charge in [-0.1, -0.05) is 30.3 Å². The molecule has 0 radical (unpaired) electrons. The average molecular weight is 415 g/mol.